The van der Waals surface area contributed by atoms with Crippen molar-refractivity contribution in [3.8, 4) is 0 Å². The van der Waals surface area contributed by atoms with Crippen LogP contribution in [0.25, 0.3) is 0 Å². The average molecular weight is 309 g/mol. The van der Waals surface area contributed by atoms with Crippen molar-refractivity contribution in [1.29, 1.82) is 0 Å². The van der Waals surface area contributed by atoms with Crippen LogP contribution in [0.1, 0.15) is 12.0 Å². The fourth-order valence-electron chi connectivity index (χ4n) is 3.52. The molecule has 118 valence electrons. The zero-order valence-electron chi connectivity index (χ0n) is 12.9. The van der Waals surface area contributed by atoms with Crippen molar-refractivity contribution < 1.29 is 4.79 Å². The van der Waals surface area contributed by atoms with Crippen LogP contribution in [0.3, 0.4) is 0 Å². The molecule has 2 aliphatic rings. The van der Waals surface area contributed by atoms with Gasteiger partial charge in [0, 0.05) is 25.3 Å². The highest BCUT2D eigenvalue weighted by Crippen LogP contribution is 2.33. The molecule has 0 aliphatic carbocycles. The molecule has 0 bridgehead atoms. The van der Waals surface area contributed by atoms with Gasteiger partial charge < -0.3 is 15.1 Å². The van der Waals surface area contributed by atoms with Crippen LogP contribution in [0.2, 0.25) is 0 Å². The molecule has 4 rings (SSSR count). The van der Waals surface area contributed by atoms with E-state index in [4.69, 9.17) is 0 Å². The molecule has 3 heterocycles. The zero-order valence-corrected chi connectivity index (χ0v) is 12.9. The summed E-state index contributed by atoms with van der Waals surface area (Å²) in [5.41, 5.74) is 3.40. The van der Waals surface area contributed by atoms with E-state index in [1.54, 1.807) is 18.5 Å². The smallest absolute Gasteiger partial charge is 0.321 e. The lowest BCUT2D eigenvalue weighted by Crippen LogP contribution is -2.43. The Labute approximate surface area is 135 Å². The van der Waals surface area contributed by atoms with E-state index < -0.39 is 0 Å². The van der Waals surface area contributed by atoms with Gasteiger partial charge in [-0.25, -0.2) is 4.79 Å². The standard InChI is InChI=1S/C17H19N5O/c23-17(20-14-6-7-18-19-11-14)21-8-3-9-22-15(12-21)10-13-4-1-2-5-16(13)22/h1-2,4-7,11,15H,3,8-10,12H2,(H,18,20,23)/t15-/m0/s1. The minimum Gasteiger partial charge on any atom is -0.366 e. The molecule has 6 nitrogen and oxygen atoms in total. The van der Waals surface area contributed by atoms with E-state index in [1.165, 1.54) is 11.3 Å². The van der Waals surface area contributed by atoms with Gasteiger partial charge in [-0.2, -0.15) is 10.2 Å². The first-order valence-electron chi connectivity index (χ1n) is 7.98. The summed E-state index contributed by atoms with van der Waals surface area (Å²) in [7, 11) is 0. The molecule has 2 aromatic rings. The van der Waals surface area contributed by atoms with Gasteiger partial charge in [0.2, 0.25) is 0 Å². The predicted octanol–water partition coefficient (Wildman–Crippen LogP) is 2.15. The zero-order chi connectivity index (χ0) is 15.6. The Morgan fingerprint density at radius 3 is 2.96 bits per heavy atom. The first kappa shape index (κ1) is 14.0. The predicted molar refractivity (Wildman–Crippen MR) is 88.5 cm³/mol. The molecule has 1 atom stereocenters. The fourth-order valence-corrected chi connectivity index (χ4v) is 3.52. The average Bonchev–Trinajstić information content (AvgIpc) is 2.78. The van der Waals surface area contributed by atoms with Crippen LogP contribution in [0, 0.1) is 0 Å². The first-order chi connectivity index (χ1) is 11.3. The van der Waals surface area contributed by atoms with Crippen LogP contribution in [0.15, 0.2) is 42.7 Å². The molecule has 1 fully saturated rings. The number of rotatable bonds is 1. The maximum absolute atomic E-state index is 12.5. The van der Waals surface area contributed by atoms with Crippen molar-refractivity contribution in [2.45, 2.75) is 18.9 Å². The first-order valence-corrected chi connectivity index (χ1v) is 7.98. The third-order valence-electron chi connectivity index (χ3n) is 4.58. The number of nitrogens with one attached hydrogen (secondary N) is 1. The second-order valence-corrected chi connectivity index (χ2v) is 6.04. The molecule has 0 radical (unpaired) electrons. The molecule has 1 aromatic heterocycles. The Kier molecular flexibility index (Phi) is 3.57. The Balaban J connectivity index is 1.48. The third kappa shape index (κ3) is 2.72. The molecule has 0 saturated carbocycles. The topological polar surface area (TPSA) is 61.4 Å². The monoisotopic (exact) mass is 309 g/mol. The number of aromatic nitrogens is 2. The van der Waals surface area contributed by atoms with E-state index >= 15 is 0 Å². The third-order valence-corrected chi connectivity index (χ3v) is 4.58. The number of carbonyl (C=O) groups is 1. The normalized spacial score (nSPS) is 19.7. The molecule has 2 amide bonds. The number of nitrogens with zero attached hydrogens (tertiary/aromatic N) is 4. The molecule has 6 heteroatoms. The molecule has 1 aromatic carbocycles. The van der Waals surface area contributed by atoms with Crippen molar-refractivity contribution in [2.24, 2.45) is 0 Å². The van der Waals surface area contributed by atoms with E-state index in [-0.39, 0.29) is 6.03 Å². The van der Waals surface area contributed by atoms with Crippen molar-refractivity contribution in [1.82, 2.24) is 15.1 Å². The minimum atomic E-state index is -0.0594. The van der Waals surface area contributed by atoms with E-state index in [0.29, 0.717) is 11.7 Å². The molecule has 1 N–H and O–H groups in total. The molecular formula is C17H19N5O. The number of hydrogen-bond acceptors (Lipinski definition) is 4. The Morgan fingerprint density at radius 2 is 2.09 bits per heavy atom. The fraction of sp³-hybridized carbons (Fsp3) is 0.353. The van der Waals surface area contributed by atoms with Gasteiger partial charge >= 0.3 is 6.03 Å². The molecule has 0 spiro atoms. The lowest BCUT2D eigenvalue weighted by atomic mass is 10.1. The van der Waals surface area contributed by atoms with E-state index in [1.807, 2.05) is 4.90 Å². The molecule has 2 aliphatic heterocycles. The Morgan fingerprint density at radius 1 is 1.17 bits per heavy atom. The van der Waals surface area contributed by atoms with Crippen molar-refractivity contribution in [3.05, 3.63) is 48.3 Å². The van der Waals surface area contributed by atoms with Crippen LogP contribution in [0.5, 0.6) is 0 Å². The van der Waals surface area contributed by atoms with Gasteiger partial charge in [-0.15, -0.1) is 0 Å². The number of carbonyl (C=O) groups excluding carboxylic acids is 1. The quantitative estimate of drug-likeness (QED) is 0.877. The number of hydrogen-bond donors (Lipinski definition) is 1. The summed E-state index contributed by atoms with van der Waals surface area (Å²) in [5.74, 6) is 0. The summed E-state index contributed by atoms with van der Waals surface area (Å²) in [5, 5.41) is 10.4. The van der Waals surface area contributed by atoms with Crippen LogP contribution in [-0.2, 0) is 6.42 Å². The van der Waals surface area contributed by atoms with Crippen molar-refractivity contribution in [2.75, 3.05) is 29.9 Å². The van der Waals surface area contributed by atoms with E-state index in [9.17, 15) is 4.79 Å². The second kappa shape index (κ2) is 5.87. The number of para-hydroxylation sites is 1. The summed E-state index contributed by atoms with van der Waals surface area (Å²) in [6, 6.07) is 10.6. The molecule has 1 saturated heterocycles. The summed E-state index contributed by atoms with van der Waals surface area (Å²) < 4.78 is 0. The van der Waals surface area contributed by atoms with Gasteiger partial charge in [0.1, 0.15) is 0 Å². The molecule has 0 unspecified atom stereocenters. The van der Waals surface area contributed by atoms with Gasteiger partial charge in [-0.1, -0.05) is 18.2 Å². The number of benzene rings is 1. The number of anilines is 2. The molecule has 23 heavy (non-hydrogen) atoms. The lowest BCUT2D eigenvalue weighted by Gasteiger charge is -2.27. The van der Waals surface area contributed by atoms with Gasteiger partial charge in [0.15, 0.2) is 0 Å². The summed E-state index contributed by atoms with van der Waals surface area (Å²) in [6.45, 7) is 2.53. The van der Waals surface area contributed by atoms with Gasteiger partial charge in [0.25, 0.3) is 0 Å². The summed E-state index contributed by atoms with van der Waals surface area (Å²) >= 11 is 0. The Hall–Kier alpha value is -2.63. The van der Waals surface area contributed by atoms with Gasteiger partial charge in [-0.3, -0.25) is 0 Å². The maximum atomic E-state index is 12.5. The summed E-state index contributed by atoms with van der Waals surface area (Å²) in [6.07, 6.45) is 5.13. The highest BCUT2D eigenvalue weighted by Gasteiger charge is 2.33. The minimum absolute atomic E-state index is 0.0594. The number of urea groups is 1. The van der Waals surface area contributed by atoms with Crippen LogP contribution < -0.4 is 10.2 Å². The maximum Gasteiger partial charge on any atom is 0.321 e. The van der Waals surface area contributed by atoms with Crippen molar-refractivity contribution >= 4 is 17.4 Å². The Bertz CT molecular complexity index is 705. The lowest BCUT2D eigenvalue weighted by molar-refractivity contribution is 0.211. The SMILES string of the molecule is O=C(Nc1ccnnc1)N1CCCN2c3ccccc3C[C@H]2C1. The van der Waals surface area contributed by atoms with Crippen molar-refractivity contribution in [3.63, 3.8) is 0 Å². The molecular weight excluding hydrogens is 290 g/mol. The van der Waals surface area contributed by atoms with Crippen LogP contribution in [-0.4, -0.2) is 46.8 Å². The van der Waals surface area contributed by atoms with Crippen LogP contribution >= 0.6 is 0 Å². The van der Waals surface area contributed by atoms with E-state index in [2.05, 4.69) is 44.7 Å². The largest absolute Gasteiger partial charge is 0.366 e. The van der Waals surface area contributed by atoms with Gasteiger partial charge in [-0.05, 0) is 30.5 Å². The number of fused-ring (bicyclic) bond motifs is 3. The second-order valence-electron chi connectivity index (χ2n) is 6.04. The summed E-state index contributed by atoms with van der Waals surface area (Å²) in [4.78, 5) is 16.9. The number of amides is 2. The highest BCUT2D eigenvalue weighted by molar-refractivity contribution is 5.89. The highest BCUT2D eigenvalue weighted by atomic mass is 16.2. The van der Waals surface area contributed by atoms with Gasteiger partial charge in [0.05, 0.1) is 24.1 Å². The van der Waals surface area contributed by atoms with Crippen LogP contribution in [0.4, 0.5) is 16.2 Å². The van der Waals surface area contributed by atoms with E-state index in [0.717, 1.165) is 32.5 Å².